The Hall–Kier alpha value is -2.94. The van der Waals surface area contributed by atoms with Crippen molar-refractivity contribution < 1.29 is 17.9 Å². The van der Waals surface area contributed by atoms with Gasteiger partial charge in [0.1, 0.15) is 6.10 Å². The molecule has 0 N–H and O–H groups in total. The molecule has 9 heteroatoms. The van der Waals surface area contributed by atoms with Crippen LogP contribution < -0.4 is 4.74 Å². The van der Waals surface area contributed by atoms with Gasteiger partial charge in [-0.2, -0.15) is 0 Å². The Morgan fingerprint density at radius 1 is 1.17 bits per heavy atom. The molecule has 2 atom stereocenters. The molecule has 0 aliphatic carbocycles. The molecule has 1 aliphatic heterocycles. The number of carbonyl (C=O) groups excluding carboxylic acids is 1. The number of nitrogens with zero attached hydrogens (tertiary/aromatic N) is 4. The highest BCUT2D eigenvalue weighted by Gasteiger charge is 2.32. The maximum absolute atomic E-state index is 13.3. The van der Waals surface area contributed by atoms with Crippen molar-refractivity contribution in [3.8, 4) is 5.88 Å². The lowest BCUT2D eigenvalue weighted by Gasteiger charge is -2.38. The Bertz CT molecular complexity index is 1170. The van der Waals surface area contributed by atoms with Gasteiger partial charge in [0.2, 0.25) is 0 Å². The second-order valence-corrected chi connectivity index (χ2v) is 9.88. The number of amides is 1. The van der Waals surface area contributed by atoms with Crippen molar-refractivity contribution in [1.29, 1.82) is 0 Å². The standard InChI is InChI=1S/C21H24N4O4S/c1-15-7-8-17(29-20-19-22-9-11-24(19)12-10-23-20)13-25(15)21(26)18-6-4-3-5-16(18)14-30(2,27)28/h3-6,9-12,15,17H,7-8,13-14H2,1-2H3/t15-,17-/m1/s1. The molecule has 1 aromatic carbocycles. The lowest BCUT2D eigenvalue weighted by atomic mass is 9.99. The Morgan fingerprint density at radius 3 is 2.67 bits per heavy atom. The van der Waals surface area contributed by atoms with Crippen molar-refractivity contribution in [3.63, 3.8) is 0 Å². The van der Waals surface area contributed by atoms with Gasteiger partial charge in [-0.1, -0.05) is 18.2 Å². The quantitative estimate of drug-likeness (QED) is 0.619. The number of carbonyl (C=O) groups is 1. The number of fused-ring (bicyclic) bond motifs is 1. The van der Waals surface area contributed by atoms with E-state index in [1.807, 2.05) is 17.5 Å². The molecule has 4 rings (SSSR count). The second-order valence-electron chi connectivity index (χ2n) is 7.74. The Balaban J connectivity index is 1.56. The number of likely N-dealkylation sites (tertiary alicyclic amines) is 1. The number of hydrogen-bond acceptors (Lipinski definition) is 6. The highest BCUT2D eigenvalue weighted by atomic mass is 32.2. The Labute approximate surface area is 175 Å². The number of ether oxygens (including phenoxy) is 1. The first kappa shape index (κ1) is 20.3. The van der Waals surface area contributed by atoms with E-state index in [1.165, 1.54) is 6.26 Å². The van der Waals surface area contributed by atoms with Gasteiger partial charge in [-0.15, -0.1) is 0 Å². The summed E-state index contributed by atoms with van der Waals surface area (Å²) in [6, 6.07) is 6.91. The molecule has 3 aromatic rings. The summed E-state index contributed by atoms with van der Waals surface area (Å²) in [5.41, 5.74) is 1.57. The number of sulfone groups is 1. The number of piperidine rings is 1. The van der Waals surface area contributed by atoms with Crippen LogP contribution in [0.3, 0.4) is 0 Å². The van der Waals surface area contributed by atoms with E-state index < -0.39 is 9.84 Å². The summed E-state index contributed by atoms with van der Waals surface area (Å²) >= 11 is 0. The molecule has 1 aliphatic rings. The molecule has 0 spiro atoms. The zero-order valence-electron chi connectivity index (χ0n) is 16.9. The largest absolute Gasteiger partial charge is 0.470 e. The smallest absolute Gasteiger partial charge is 0.258 e. The second kappa shape index (κ2) is 8.06. The Morgan fingerprint density at radius 2 is 1.90 bits per heavy atom. The van der Waals surface area contributed by atoms with E-state index in [-0.39, 0.29) is 23.8 Å². The van der Waals surface area contributed by atoms with Crippen LogP contribution in [0.4, 0.5) is 0 Å². The molecule has 1 fully saturated rings. The van der Waals surface area contributed by atoms with Crippen LogP contribution in [0.2, 0.25) is 0 Å². The van der Waals surface area contributed by atoms with Crippen LogP contribution in [0.5, 0.6) is 5.88 Å². The van der Waals surface area contributed by atoms with Gasteiger partial charge in [0.05, 0.1) is 12.3 Å². The van der Waals surface area contributed by atoms with Crippen LogP contribution >= 0.6 is 0 Å². The molecule has 0 radical (unpaired) electrons. The van der Waals surface area contributed by atoms with E-state index in [2.05, 4.69) is 9.97 Å². The molecule has 3 heterocycles. The molecule has 8 nitrogen and oxygen atoms in total. The highest BCUT2D eigenvalue weighted by Crippen LogP contribution is 2.25. The molecule has 158 valence electrons. The predicted molar refractivity (Wildman–Crippen MR) is 112 cm³/mol. The van der Waals surface area contributed by atoms with E-state index in [4.69, 9.17) is 4.74 Å². The average Bonchev–Trinajstić information content (AvgIpc) is 3.18. The molecule has 1 amide bonds. The third-order valence-electron chi connectivity index (χ3n) is 5.32. The van der Waals surface area contributed by atoms with Gasteiger partial charge in [0.15, 0.2) is 15.5 Å². The van der Waals surface area contributed by atoms with Crippen molar-refractivity contribution >= 4 is 21.4 Å². The number of aromatic nitrogens is 3. The molecule has 2 aromatic heterocycles. The normalized spacial score (nSPS) is 19.7. The van der Waals surface area contributed by atoms with Gasteiger partial charge < -0.3 is 14.0 Å². The van der Waals surface area contributed by atoms with E-state index in [0.29, 0.717) is 29.2 Å². The average molecular weight is 429 g/mol. The molecule has 0 bridgehead atoms. The molecule has 0 saturated carbocycles. The maximum atomic E-state index is 13.3. The van der Waals surface area contributed by atoms with Gasteiger partial charge in [-0.05, 0) is 31.4 Å². The number of imidazole rings is 1. The van der Waals surface area contributed by atoms with Gasteiger partial charge >= 0.3 is 0 Å². The van der Waals surface area contributed by atoms with Gasteiger partial charge in [-0.3, -0.25) is 4.79 Å². The topological polar surface area (TPSA) is 93.9 Å². The third-order valence-corrected chi connectivity index (χ3v) is 6.16. The summed E-state index contributed by atoms with van der Waals surface area (Å²) in [4.78, 5) is 23.7. The van der Waals surface area contributed by atoms with Crippen molar-refractivity contribution in [2.45, 2.75) is 37.7 Å². The van der Waals surface area contributed by atoms with Crippen LogP contribution in [0.15, 0.2) is 49.1 Å². The maximum Gasteiger partial charge on any atom is 0.258 e. The number of rotatable bonds is 5. The van der Waals surface area contributed by atoms with E-state index >= 15 is 0 Å². The summed E-state index contributed by atoms with van der Waals surface area (Å²) in [5.74, 6) is 0.0945. The van der Waals surface area contributed by atoms with Gasteiger partial charge in [0, 0.05) is 42.6 Å². The van der Waals surface area contributed by atoms with Crippen molar-refractivity contribution in [2.75, 3.05) is 12.8 Å². The molecular formula is C21H24N4O4S. The van der Waals surface area contributed by atoms with Crippen molar-refractivity contribution in [1.82, 2.24) is 19.3 Å². The lowest BCUT2D eigenvalue weighted by Crippen LogP contribution is -2.49. The number of benzene rings is 1. The Kier molecular flexibility index (Phi) is 5.46. The van der Waals surface area contributed by atoms with Crippen LogP contribution in [-0.4, -0.2) is 58.5 Å². The molecule has 0 unspecified atom stereocenters. The third kappa shape index (κ3) is 4.30. The van der Waals surface area contributed by atoms with Gasteiger partial charge in [-0.25, -0.2) is 18.4 Å². The first-order valence-corrected chi connectivity index (χ1v) is 11.9. The van der Waals surface area contributed by atoms with E-state index in [0.717, 1.165) is 12.8 Å². The summed E-state index contributed by atoms with van der Waals surface area (Å²) in [7, 11) is -3.26. The fourth-order valence-electron chi connectivity index (χ4n) is 3.82. The molecule has 1 saturated heterocycles. The SMILES string of the molecule is C[C@@H]1CC[C@@H](Oc2nccn3ccnc23)CN1C(=O)c1ccccc1CS(C)(=O)=O. The molecular weight excluding hydrogens is 404 g/mol. The zero-order valence-corrected chi connectivity index (χ0v) is 17.7. The van der Waals surface area contributed by atoms with Crippen molar-refractivity contribution in [3.05, 3.63) is 60.2 Å². The summed E-state index contributed by atoms with van der Waals surface area (Å²) in [6.07, 6.45) is 9.48. The van der Waals surface area contributed by atoms with Crippen LogP contribution in [0.25, 0.3) is 5.65 Å². The summed E-state index contributed by atoms with van der Waals surface area (Å²) < 4.78 is 31.5. The van der Waals surface area contributed by atoms with Crippen molar-refractivity contribution in [2.24, 2.45) is 0 Å². The first-order chi connectivity index (χ1) is 14.3. The summed E-state index contributed by atoms with van der Waals surface area (Å²) in [6.45, 7) is 2.40. The van der Waals surface area contributed by atoms with Crippen LogP contribution in [-0.2, 0) is 15.6 Å². The fraction of sp³-hybridized carbons (Fsp3) is 0.381. The predicted octanol–water partition coefficient (Wildman–Crippen LogP) is 2.35. The minimum absolute atomic E-state index is 0.0267. The van der Waals surface area contributed by atoms with Crippen LogP contribution in [0.1, 0.15) is 35.7 Å². The van der Waals surface area contributed by atoms with Gasteiger partial charge in [0.25, 0.3) is 11.8 Å². The van der Waals surface area contributed by atoms with E-state index in [9.17, 15) is 13.2 Å². The minimum atomic E-state index is -3.26. The lowest BCUT2D eigenvalue weighted by molar-refractivity contribution is 0.0375. The van der Waals surface area contributed by atoms with E-state index in [1.54, 1.807) is 47.8 Å². The monoisotopic (exact) mass is 428 g/mol. The first-order valence-electron chi connectivity index (χ1n) is 9.83. The molecule has 30 heavy (non-hydrogen) atoms. The fourth-order valence-corrected chi connectivity index (χ4v) is 4.63. The zero-order chi connectivity index (χ0) is 21.3. The summed E-state index contributed by atoms with van der Waals surface area (Å²) in [5, 5.41) is 0. The number of hydrogen-bond donors (Lipinski definition) is 0. The minimum Gasteiger partial charge on any atom is -0.470 e. The van der Waals surface area contributed by atoms with Crippen LogP contribution in [0, 0.1) is 0 Å². The highest BCUT2D eigenvalue weighted by molar-refractivity contribution is 7.89.